The van der Waals surface area contributed by atoms with Crippen molar-refractivity contribution in [2.75, 3.05) is 6.54 Å². The van der Waals surface area contributed by atoms with Crippen LogP contribution < -0.4 is 11.1 Å². The fourth-order valence-electron chi connectivity index (χ4n) is 2.60. The summed E-state index contributed by atoms with van der Waals surface area (Å²) < 4.78 is 0. The molecule has 1 atom stereocenters. The summed E-state index contributed by atoms with van der Waals surface area (Å²) in [4.78, 5) is 12.1. The molecule has 15 heavy (non-hydrogen) atoms. The molecule has 2 aliphatic carbocycles. The third kappa shape index (κ3) is 1.89. The average molecular weight is 210 g/mol. The monoisotopic (exact) mass is 210 g/mol. The lowest BCUT2D eigenvalue weighted by molar-refractivity contribution is -0.130. The minimum atomic E-state index is -0.237. The third-order valence-electron chi connectivity index (χ3n) is 4.25. The van der Waals surface area contributed by atoms with E-state index in [2.05, 4.69) is 19.2 Å². The van der Waals surface area contributed by atoms with Crippen molar-refractivity contribution in [2.45, 2.75) is 52.0 Å². The topological polar surface area (TPSA) is 55.1 Å². The number of amides is 1. The van der Waals surface area contributed by atoms with Gasteiger partial charge in [-0.3, -0.25) is 4.79 Å². The van der Waals surface area contributed by atoms with E-state index in [1.165, 1.54) is 0 Å². The predicted octanol–water partition coefficient (Wildman–Crippen LogP) is 1.42. The highest BCUT2D eigenvalue weighted by Gasteiger charge is 2.49. The van der Waals surface area contributed by atoms with E-state index < -0.39 is 0 Å². The third-order valence-corrected chi connectivity index (χ3v) is 4.25. The van der Waals surface area contributed by atoms with Gasteiger partial charge in [0.25, 0.3) is 0 Å². The Morgan fingerprint density at radius 3 is 2.33 bits per heavy atom. The highest BCUT2D eigenvalue weighted by Crippen LogP contribution is 2.46. The van der Waals surface area contributed by atoms with E-state index in [0.29, 0.717) is 18.0 Å². The second kappa shape index (κ2) is 3.48. The van der Waals surface area contributed by atoms with Gasteiger partial charge in [-0.2, -0.15) is 0 Å². The highest BCUT2D eigenvalue weighted by molar-refractivity contribution is 5.83. The molecule has 2 saturated carbocycles. The van der Waals surface area contributed by atoms with Crippen LogP contribution in [0.1, 0.15) is 46.0 Å². The van der Waals surface area contributed by atoms with E-state index in [4.69, 9.17) is 5.73 Å². The number of rotatable bonds is 3. The molecule has 0 aromatic rings. The van der Waals surface area contributed by atoms with Gasteiger partial charge in [-0.1, -0.05) is 26.7 Å². The second-order valence-electron chi connectivity index (χ2n) is 5.91. The smallest absolute Gasteiger partial charge is 0.227 e. The first-order valence-electron chi connectivity index (χ1n) is 6.01. The molecule has 2 fully saturated rings. The number of hydrogen-bond donors (Lipinski definition) is 2. The highest BCUT2D eigenvalue weighted by atomic mass is 16.2. The Morgan fingerprint density at radius 1 is 1.40 bits per heavy atom. The van der Waals surface area contributed by atoms with Crippen molar-refractivity contribution in [3.05, 3.63) is 0 Å². The number of carbonyl (C=O) groups excluding carboxylic acids is 1. The first-order valence-corrected chi connectivity index (χ1v) is 6.01. The summed E-state index contributed by atoms with van der Waals surface area (Å²) in [6.45, 7) is 4.90. The van der Waals surface area contributed by atoms with Gasteiger partial charge in [0.05, 0.1) is 5.41 Å². The van der Waals surface area contributed by atoms with Gasteiger partial charge in [0.1, 0.15) is 0 Å². The molecular weight excluding hydrogens is 188 g/mol. The summed E-state index contributed by atoms with van der Waals surface area (Å²) in [6, 6.07) is 0.383. The van der Waals surface area contributed by atoms with Crippen LogP contribution >= 0.6 is 0 Å². The molecule has 1 unspecified atom stereocenters. The molecule has 2 aliphatic rings. The van der Waals surface area contributed by atoms with Gasteiger partial charge in [-0.25, -0.2) is 0 Å². The van der Waals surface area contributed by atoms with Crippen LogP contribution in [0.25, 0.3) is 0 Å². The lowest BCUT2D eigenvalue weighted by atomic mass is 9.85. The predicted molar refractivity (Wildman–Crippen MR) is 60.3 cm³/mol. The van der Waals surface area contributed by atoms with Gasteiger partial charge in [-0.15, -0.1) is 0 Å². The molecule has 3 heteroatoms. The number of nitrogens with one attached hydrogen (secondary N) is 1. The van der Waals surface area contributed by atoms with Crippen LogP contribution in [0, 0.1) is 10.8 Å². The van der Waals surface area contributed by atoms with Gasteiger partial charge in [-0.05, 0) is 24.7 Å². The molecule has 1 amide bonds. The van der Waals surface area contributed by atoms with Crippen molar-refractivity contribution >= 4 is 5.91 Å². The number of carbonyl (C=O) groups is 1. The molecular formula is C12H22N2O. The lowest BCUT2D eigenvalue weighted by Crippen LogP contribution is -2.45. The van der Waals surface area contributed by atoms with Crippen LogP contribution in [0.5, 0.6) is 0 Å². The second-order valence-corrected chi connectivity index (χ2v) is 5.91. The summed E-state index contributed by atoms with van der Waals surface area (Å²) in [5.41, 5.74) is 5.84. The standard InChI is InChI=1S/C12H22N2O/c1-11(2)7-9(11)14-10(15)12(8-13)5-3-4-6-12/h9H,3-8,13H2,1-2H3,(H,14,15). The van der Waals surface area contributed by atoms with E-state index in [1.807, 2.05) is 0 Å². The molecule has 0 bridgehead atoms. The Bertz CT molecular complexity index is 267. The van der Waals surface area contributed by atoms with Gasteiger partial charge in [0, 0.05) is 12.6 Å². The summed E-state index contributed by atoms with van der Waals surface area (Å²) in [5, 5.41) is 3.16. The maximum absolute atomic E-state index is 12.1. The Morgan fingerprint density at radius 2 is 1.93 bits per heavy atom. The van der Waals surface area contributed by atoms with Crippen molar-refractivity contribution in [2.24, 2.45) is 16.6 Å². The molecule has 0 spiro atoms. The Kier molecular flexibility index (Phi) is 2.53. The first kappa shape index (κ1) is 10.9. The normalized spacial score (nSPS) is 31.3. The molecule has 3 N–H and O–H groups in total. The number of hydrogen-bond acceptors (Lipinski definition) is 2. The van der Waals surface area contributed by atoms with Crippen LogP contribution in [-0.2, 0) is 4.79 Å². The number of nitrogens with two attached hydrogens (primary N) is 1. The molecule has 3 nitrogen and oxygen atoms in total. The molecule has 0 aromatic heterocycles. The fraction of sp³-hybridized carbons (Fsp3) is 0.917. The van der Waals surface area contributed by atoms with Crippen molar-refractivity contribution in [3.8, 4) is 0 Å². The van der Waals surface area contributed by atoms with E-state index in [0.717, 1.165) is 32.1 Å². The SMILES string of the molecule is CC1(C)CC1NC(=O)C1(CN)CCCC1. The zero-order chi connectivity index (χ0) is 11.1. The van der Waals surface area contributed by atoms with Gasteiger partial charge >= 0.3 is 0 Å². The Hall–Kier alpha value is -0.570. The zero-order valence-corrected chi connectivity index (χ0v) is 9.81. The maximum atomic E-state index is 12.1. The molecule has 0 aliphatic heterocycles. The van der Waals surface area contributed by atoms with E-state index >= 15 is 0 Å². The van der Waals surface area contributed by atoms with Gasteiger partial charge in [0.2, 0.25) is 5.91 Å². The van der Waals surface area contributed by atoms with Crippen LogP contribution in [0.15, 0.2) is 0 Å². The van der Waals surface area contributed by atoms with Gasteiger partial charge in [0.15, 0.2) is 0 Å². The quantitative estimate of drug-likeness (QED) is 0.740. The summed E-state index contributed by atoms with van der Waals surface area (Å²) in [5.74, 6) is 0.207. The lowest BCUT2D eigenvalue weighted by Gasteiger charge is -2.26. The van der Waals surface area contributed by atoms with Crippen LogP contribution in [-0.4, -0.2) is 18.5 Å². The van der Waals surface area contributed by atoms with Gasteiger partial charge < -0.3 is 11.1 Å². The average Bonchev–Trinajstić information content (AvgIpc) is 2.68. The van der Waals surface area contributed by atoms with E-state index in [1.54, 1.807) is 0 Å². The molecule has 86 valence electrons. The summed E-state index contributed by atoms with van der Waals surface area (Å²) in [7, 11) is 0. The molecule has 0 saturated heterocycles. The largest absolute Gasteiger partial charge is 0.352 e. The van der Waals surface area contributed by atoms with E-state index in [-0.39, 0.29) is 11.3 Å². The molecule has 0 radical (unpaired) electrons. The zero-order valence-electron chi connectivity index (χ0n) is 9.81. The molecule has 0 aromatic carbocycles. The molecule has 0 heterocycles. The van der Waals surface area contributed by atoms with Crippen molar-refractivity contribution < 1.29 is 4.79 Å². The Labute approximate surface area is 91.8 Å². The maximum Gasteiger partial charge on any atom is 0.227 e. The van der Waals surface area contributed by atoms with E-state index in [9.17, 15) is 4.79 Å². The van der Waals surface area contributed by atoms with Crippen molar-refractivity contribution in [3.63, 3.8) is 0 Å². The van der Waals surface area contributed by atoms with Crippen molar-refractivity contribution in [1.82, 2.24) is 5.32 Å². The van der Waals surface area contributed by atoms with Crippen LogP contribution in [0.2, 0.25) is 0 Å². The molecule has 2 rings (SSSR count). The first-order chi connectivity index (χ1) is 7.00. The summed E-state index contributed by atoms with van der Waals surface area (Å²) >= 11 is 0. The van der Waals surface area contributed by atoms with Crippen LogP contribution in [0.3, 0.4) is 0 Å². The minimum absolute atomic E-state index is 0.207. The minimum Gasteiger partial charge on any atom is -0.352 e. The summed E-state index contributed by atoms with van der Waals surface area (Å²) in [6.07, 6.45) is 5.36. The van der Waals surface area contributed by atoms with Crippen molar-refractivity contribution in [1.29, 1.82) is 0 Å². The fourth-order valence-corrected chi connectivity index (χ4v) is 2.60. The Balaban J connectivity index is 1.95. The van der Waals surface area contributed by atoms with Crippen LogP contribution in [0.4, 0.5) is 0 Å².